The Morgan fingerprint density at radius 2 is 0.904 bits per heavy atom. The van der Waals surface area contributed by atoms with E-state index in [1.807, 2.05) is 84.9 Å². The van der Waals surface area contributed by atoms with Crippen LogP contribution in [0.5, 0.6) is 0 Å². The van der Waals surface area contributed by atoms with Crippen LogP contribution in [0.15, 0.2) is 110 Å². The molecular weight excluding hydrogens is 645 g/mol. The third-order valence-corrected chi connectivity index (χ3v) is 10.5. The van der Waals surface area contributed by atoms with Crippen molar-refractivity contribution in [1.29, 1.82) is 0 Å². The molecule has 8 rings (SSSR count). The Bertz CT molecular complexity index is 1980. The number of Topliss-reactive ketones (excluding diaryl/α,β-unsaturated/α-hetero) is 2. The van der Waals surface area contributed by atoms with Gasteiger partial charge in [-0.1, -0.05) is 64.1 Å². The van der Waals surface area contributed by atoms with Crippen molar-refractivity contribution >= 4 is 34.3 Å². The number of benzene rings is 2. The molecule has 0 saturated heterocycles. The molecule has 0 bridgehead atoms. The Hall–Kier alpha value is -5.76. The van der Waals surface area contributed by atoms with E-state index in [0.29, 0.717) is 36.5 Å². The number of anilines is 4. The van der Waals surface area contributed by atoms with Crippen molar-refractivity contribution in [3.05, 3.63) is 132 Å². The van der Waals surface area contributed by atoms with Gasteiger partial charge in [0.15, 0.2) is 11.6 Å². The van der Waals surface area contributed by atoms with Gasteiger partial charge in [-0.15, -0.1) is 0 Å². The van der Waals surface area contributed by atoms with Crippen LogP contribution in [0.25, 0.3) is 22.5 Å². The molecule has 0 fully saturated rings. The lowest BCUT2D eigenvalue weighted by atomic mass is 9.80. The van der Waals surface area contributed by atoms with Crippen molar-refractivity contribution in [1.82, 2.24) is 19.9 Å². The summed E-state index contributed by atoms with van der Waals surface area (Å²) >= 11 is 0. The first-order valence-electron chi connectivity index (χ1n) is 18.3. The Morgan fingerprint density at radius 3 is 1.25 bits per heavy atom. The minimum absolute atomic E-state index is 0.222. The number of para-hydroxylation sites is 2. The molecule has 0 saturated carbocycles. The molecule has 6 aromatic rings. The average Bonchev–Trinajstić information content (AvgIpc) is 3.72. The van der Waals surface area contributed by atoms with E-state index in [0.717, 1.165) is 80.6 Å². The predicted molar refractivity (Wildman–Crippen MR) is 209 cm³/mol. The summed E-state index contributed by atoms with van der Waals surface area (Å²) in [7, 11) is 0. The number of rotatable bonds is 8. The SMILES string of the molecule is CC(C)[C@@H]1CC(=O)c2c([nH]c(-c3ccncc3)c2Nc2ccccc2)C1.CC(C)[C@H]1CC(=O)c2c([nH]c(-c3ccncc3)c2Nc2ccccc2)C1. The van der Waals surface area contributed by atoms with Crippen molar-refractivity contribution in [3.8, 4) is 22.5 Å². The first-order valence-corrected chi connectivity index (χ1v) is 18.3. The molecule has 4 aromatic heterocycles. The number of H-pyrrole nitrogens is 2. The fraction of sp³-hybridized carbons (Fsp3) is 0.273. The van der Waals surface area contributed by atoms with Crippen LogP contribution in [0, 0.1) is 23.7 Å². The van der Waals surface area contributed by atoms with Crippen molar-refractivity contribution in [2.24, 2.45) is 23.7 Å². The Balaban J connectivity index is 0.000000162. The van der Waals surface area contributed by atoms with E-state index < -0.39 is 0 Å². The highest BCUT2D eigenvalue weighted by Crippen LogP contribution is 2.42. The van der Waals surface area contributed by atoms with Crippen LogP contribution in [0.4, 0.5) is 22.7 Å². The molecule has 0 radical (unpaired) electrons. The Labute approximate surface area is 305 Å². The standard InChI is InChI=1S/2C22H23N3O/c2*1-14(2)16-12-18-20(19(26)13-16)22(24-17-6-4-3-5-7-17)21(25-18)15-8-10-23-11-9-15/h2*3-11,14,16,24-25H,12-13H2,1-2H3/t2*16-/m10/s1. The third kappa shape index (κ3) is 7.33. The zero-order valence-corrected chi connectivity index (χ0v) is 30.2. The molecule has 8 nitrogen and oxygen atoms in total. The highest BCUT2D eigenvalue weighted by atomic mass is 16.1. The van der Waals surface area contributed by atoms with Crippen molar-refractivity contribution in [2.75, 3.05) is 10.6 Å². The molecule has 4 heterocycles. The molecule has 2 aliphatic rings. The lowest BCUT2D eigenvalue weighted by molar-refractivity contribution is 0.0925. The van der Waals surface area contributed by atoms with E-state index >= 15 is 0 Å². The van der Waals surface area contributed by atoms with Gasteiger partial charge in [0, 0.05) is 71.5 Å². The molecule has 0 spiro atoms. The number of carbonyl (C=O) groups excluding carboxylic acids is 2. The second-order valence-corrected chi connectivity index (χ2v) is 14.6. The minimum atomic E-state index is 0.222. The van der Waals surface area contributed by atoms with Crippen LogP contribution in [0.2, 0.25) is 0 Å². The number of aromatic nitrogens is 4. The van der Waals surface area contributed by atoms with Gasteiger partial charge in [0.25, 0.3) is 0 Å². The fourth-order valence-electron chi connectivity index (χ4n) is 7.37. The van der Waals surface area contributed by atoms with Crippen LogP contribution in [-0.2, 0) is 12.8 Å². The summed E-state index contributed by atoms with van der Waals surface area (Å²) in [4.78, 5) is 41.3. The smallest absolute Gasteiger partial charge is 0.167 e. The van der Waals surface area contributed by atoms with Gasteiger partial charge in [-0.25, -0.2) is 0 Å². The molecule has 264 valence electrons. The number of carbonyl (C=O) groups is 2. The Kier molecular flexibility index (Phi) is 10.2. The van der Waals surface area contributed by atoms with Crippen LogP contribution >= 0.6 is 0 Å². The molecule has 52 heavy (non-hydrogen) atoms. The number of fused-ring (bicyclic) bond motifs is 2. The minimum Gasteiger partial charge on any atom is -0.356 e. The average molecular weight is 691 g/mol. The molecule has 4 N–H and O–H groups in total. The van der Waals surface area contributed by atoms with Crippen molar-refractivity contribution in [2.45, 2.75) is 53.4 Å². The lowest BCUT2D eigenvalue weighted by Gasteiger charge is -2.25. The number of hydrogen-bond acceptors (Lipinski definition) is 6. The van der Waals surface area contributed by atoms with Gasteiger partial charge in [0.2, 0.25) is 0 Å². The van der Waals surface area contributed by atoms with Crippen LogP contribution < -0.4 is 10.6 Å². The van der Waals surface area contributed by atoms with Crippen molar-refractivity contribution in [3.63, 3.8) is 0 Å². The van der Waals surface area contributed by atoms with Gasteiger partial charge in [-0.3, -0.25) is 19.6 Å². The summed E-state index contributed by atoms with van der Waals surface area (Å²) in [5.74, 6) is 2.21. The van der Waals surface area contributed by atoms with E-state index in [1.54, 1.807) is 24.8 Å². The third-order valence-electron chi connectivity index (χ3n) is 10.5. The lowest BCUT2D eigenvalue weighted by Crippen LogP contribution is -2.23. The quantitative estimate of drug-likeness (QED) is 0.126. The number of pyridine rings is 2. The van der Waals surface area contributed by atoms with Crippen LogP contribution in [-0.4, -0.2) is 31.5 Å². The number of aromatic amines is 2. The largest absolute Gasteiger partial charge is 0.356 e. The van der Waals surface area contributed by atoms with Crippen molar-refractivity contribution < 1.29 is 9.59 Å². The van der Waals surface area contributed by atoms with Crippen LogP contribution in [0.3, 0.4) is 0 Å². The maximum atomic E-state index is 13.0. The molecule has 2 atom stereocenters. The number of nitrogens with one attached hydrogen (secondary N) is 4. The van der Waals surface area contributed by atoms with Gasteiger partial charge in [0.05, 0.1) is 33.9 Å². The van der Waals surface area contributed by atoms with E-state index in [9.17, 15) is 9.59 Å². The molecule has 8 heteroatoms. The Morgan fingerprint density at radius 1 is 0.538 bits per heavy atom. The summed E-state index contributed by atoms with van der Waals surface area (Å²) < 4.78 is 0. The van der Waals surface area contributed by atoms with Gasteiger partial charge < -0.3 is 20.6 Å². The summed E-state index contributed by atoms with van der Waals surface area (Å²) in [5, 5.41) is 6.96. The predicted octanol–water partition coefficient (Wildman–Crippen LogP) is 10.4. The summed E-state index contributed by atoms with van der Waals surface area (Å²) in [5.41, 5.74) is 11.4. The summed E-state index contributed by atoms with van der Waals surface area (Å²) in [6.07, 6.45) is 10.2. The zero-order chi connectivity index (χ0) is 36.2. The number of hydrogen-bond donors (Lipinski definition) is 4. The molecule has 0 amide bonds. The zero-order valence-electron chi connectivity index (χ0n) is 30.2. The van der Waals surface area contributed by atoms with E-state index in [2.05, 4.69) is 58.3 Å². The van der Waals surface area contributed by atoms with Gasteiger partial charge in [-0.05, 0) is 85.0 Å². The maximum absolute atomic E-state index is 13.0. The van der Waals surface area contributed by atoms with E-state index in [1.165, 1.54) is 0 Å². The highest BCUT2D eigenvalue weighted by molar-refractivity contribution is 6.08. The number of nitrogens with zero attached hydrogens (tertiary/aromatic N) is 2. The van der Waals surface area contributed by atoms with E-state index in [4.69, 9.17) is 0 Å². The molecular formula is C44H46N6O2. The second-order valence-electron chi connectivity index (χ2n) is 14.6. The molecule has 0 unspecified atom stereocenters. The van der Waals surface area contributed by atoms with Crippen LogP contribution in [0.1, 0.15) is 72.6 Å². The highest BCUT2D eigenvalue weighted by Gasteiger charge is 2.34. The monoisotopic (exact) mass is 690 g/mol. The fourth-order valence-corrected chi connectivity index (χ4v) is 7.37. The van der Waals surface area contributed by atoms with E-state index in [-0.39, 0.29) is 11.6 Å². The first kappa shape index (κ1) is 34.7. The summed E-state index contributed by atoms with van der Waals surface area (Å²) in [6, 6.07) is 27.9. The molecule has 0 aliphatic heterocycles. The number of ketones is 2. The molecule has 2 aliphatic carbocycles. The second kappa shape index (κ2) is 15.2. The first-order chi connectivity index (χ1) is 25.3. The van der Waals surface area contributed by atoms with Gasteiger partial charge >= 0.3 is 0 Å². The summed E-state index contributed by atoms with van der Waals surface area (Å²) in [6.45, 7) is 8.77. The maximum Gasteiger partial charge on any atom is 0.167 e. The van der Waals surface area contributed by atoms with Gasteiger partial charge in [0.1, 0.15) is 0 Å². The topological polar surface area (TPSA) is 116 Å². The van der Waals surface area contributed by atoms with Gasteiger partial charge in [-0.2, -0.15) is 0 Å². The normalized spacial score (nSPS) is 16.6. The molecule has 2 aromatic carbocycles.